The highest BCUT2D eigenvalue weighted by Crippen LogP contribution is 2.47. The van der Waals surface area contributed by atoms with Crippen molar-refractivity contribution in [2.45, 2.75) is 79.3 Å². The number of rotatable bonds is 3. The SMILES string of the molecule is CC1CC(C)(C)CC(CN)(N(C)C(C)C(C)(C)C)C1. The van der Waals surface area contributed by atoms with Gasteiger partial charge in [-0.25, -0.2) is 0 Å². The number of nitrogens with two attached hydrogens (primary N) is 1. The van der Waals surface area contributed by atoms with Crippen LogP contribution in [0.5, 0.6) is 0 Å². The summed E-state index contributed by atoms with van der Waals surface area (Å²) in [5.74, 6) is 0.766. The summed E-state index contributed by atoms with van der Waals surface area (Å²) >= 11 is 0. The molecule has 0 bridgehead atoms. The Balaban J connectivity index is 3.03. The Morgan fingerprint density at radius 2 is 1.79 bits per heavy atom. The van der Waals surface area contributed by atoms with Crippen molar-refractivity contribution in [3.05, 3.63) is 0 Å². The van der Waals surface area contributed by atoms with Crippen LogP contribution in [0, 0.1) is 16.7 Å². The normalized spacial score (nSPS) is 33.5. The highest BCUT2D eigenvalue weighted by molar-refractivity contribution is 5.02. The number of hydrogen-bond donors (Lipinski definition) is 1. The molecule has 1 aliphatic rings. The Bertz CT molecular complexity index is 303. The second kappa shape index (κ2) is 5.37. The minimum absolute atomic E-state index is 0.174. The second-order valence-electron chi connectivity index (χ2n) is 8.94. The summed E-state index contributed by atoms with van der Waals surface area (Å²) in [5.41, 5.74) is 7.14. The van der Waals surface area contributed by atoms with Gasteiger partial charge in [-0.1, -0.05) is 41.5 Å². The molecule has 0 heterocycles. The molecule has 0 aromatic rings. The van der Waals surface area contributed by atoms with Gasteiger partial charge in [-0.15, -0.1) is 0 Å². The smallest absolute Gasteiger partial charge is 0.0339 e. The zero-order valence-electron chi connectivity index (χ0n) is 14.5. The first-order chi connectivity index (χ1) is 8.43. The molecular formula is C17H36N2. The molecule has 2 nitrogen and oxygen atoms in total. The molecular weight excluding hydrogens is 232 g/mol. The van der Waals surface area contributed by atoms with E-state index in [9.17, 15) is 0 Å². The Kier molecular flexibility index (Phi) is 4.79. The average molecular weight is 268 g/mol. The van der Waals surface area contributed by atoms with Crippen molar-refractivity contribution in [1.29, 1.82) is 0 Å². The minimum atomic E-state index is 0.174. The lowest BCUT2D eigenvalue weighted by Crippen LogP contribution is -2.62. The van der Waals surface area contributed by atoms with E-state index in [0.29, 0.717) is 16.9 Å². The van der Waals surface area contributed by atoms with Crippen LogP contribution in [0.15, 0.2) is 0 Å². The highest BCUT2D eigenvalue weighted by atomic mass is 15.2. The molecule has 2 N–H and O–H groups in total. The van der Waals surface area contributed by atoms with Gasteiger partial charge in [0.1, 0.15) is 0 Å². The molecule has 3 atom stereocenters. The van der Waals surface area contributed by atoms with E-state index < -0.39 is 0 Å². The van der Waals surface area contributed by atoms with Gasteiger partial charge in [-0.05, 0) is 50.0 Å². The molecule has 1 rings (SSSR count). The number of likely N-dealkylation sites (N-methyl/N-ethyl adjacent to an activating group) is 1. The summed E-state index contributed by atoms with van der Waals surface area (Å²) in [7, 11) is 2.29. The lowest BCUT2D eigenvalue weighted by Gasteiger charge is -2.55. The van der Waals surface area contributed by atoms with Crippen LogP contribution in [0.1, 0.15) is 67.7 Å². The Labute approximate surface area is 121 Å². The second-order valence-corrected chi connectivity index (χ2v) is 8.94. The van der Waals surface area contributed by atoms with Crippen molar-refractivity contribution in [2.24, 2.45) is 22.5 Å². The minimum Gasteiger partial charge on any atom is -0.329 e. The van der Waals surface area contributed by atoms with Gasteiger partial charge >= 0.3 is 0 Å². The number of hydrogen-bond acceptors (Lipinski definition) is 2. The van der Waals surface area contributed by atoms with Gasteiger partial charge in [0.15, 0.2) is 0 Å². The summed E-state index contributed by atoms with van der Waals surface area (Å²) in [5, 5.41) is 0. The summed E-state index contributed by atoms with van der Waals surface area (Å²) in [6, 6.07) is 0.539. The lowest BCUT2D eigenvalue weighted by atomic mass is 9.63. The molecule has 19 heavy (non-hydrogen) atoms. The molecule has 1 fully saturated rings. The van der Waals surface area contributed by atoms with E-state index >= 15 is 0 Å². The maximum absolute atomic E-state index is 6.26. The van der Waals surface area contributed by atoms with Crippen molar-refractivity contribution in [3.63, 3.8) is 0 Å². The summed E-state index contributed by atoms with van der Waals surface area (Å²) < 4.78 is 0. The van der Waals surface area contributed by atoms with Crippen LogP contribution in [0.25, 0.3) is 0 Å². The van der Waals surface area contributed by atoms with Crippen LogP contribution in [0.3, 0.4) is 0 Å². The van der Waals surface area contributed by atoms with Crippen molar-refractivity contribution >= 4 is 0 Å². The van der Waals surface area contributed by atoms with E-state index in [1.54, 1.807) is 0 Å². The van der Waals surface area contributed by atoms with E-state index in [2.05, 4.69) is 60.4 Å². The molecule has 114 valence electrons. The van der Waals surface area contributed by atoms with E-state index in [4.69, 9.17) is 5.73 Å². The molecule has 0 aromatic carbocycles. The van der Waals surface area contributed by atoms with Gasteiger partial charge in [0.05, 0.1) is 0 Å². The third kappa shape index (κ3) is 3.72. The first kappa shape index (κ1) is 17.0. The maximum Gasteiger partial charge on any atom is 0.0339 e. The van der Waals surface area contributed by atoms with Crippen molar-refractivity contribution in [3.8, 4) is 0 Å². The van der Waals surface area contributed by atoms with Gasteiger partial charge in [-0.3, -0.25) is 4.90 Å². The molecule has 1 aliphatic carbocycles. The standard InChI is InChI=1S/C17H36N2/c1-13-9-16(6,7)11-17(10-13,12-18)19(8)14(2)15(3,4)5/h13-14H,9-12,18H2,1-8H3. The van der Waals surface area contributed by atoms with Crippen molar-refractivity contribution in [2.75, 3.05) is 13.6 Å². The molecule has 0 aromatic heterocycles. The van der Waals surface area contributed by atoms with Crippen LogP contribution in [-0.4, -0.2) is 30.1 Å². The Hall–Kier alpha value is -0.0800. The van der Waals surface area contributed by atoms with E-state index in [1.165, 1.54) is 19.3 Å². The summed E-state index contributed by atoms with van der Waals surface area (Å²) in [6.45, 7) is 17.3. The predicted octanol–water partition coefficient (Wildman–Crippen LogP) is 3.90. The molecule has 0 aliphatic heterocycles. The largest absolute Gasteiger partial charge is 0.329 e. The van der Waals surface area contributed by atoms with E-state index in [0.717, 1.165) is 12.5 Å². The summed E-state index contributed by atoms with van der Waals surface area (Å²) in [4.78, 5) is 2.59. The molecule has 0 spiro atoms. The quantitative estimate of drug-likeness (QED) is 0.841. The first-order valence-electron chi connectivity index (χ1n) is 7.86. The average Bonchev–Trinajstić information content (AvgIpc) is 2.22. The van der Waals surface area contributed by atoms with Gasteiger partial charge < -0.3 is 5.73 Å². The van der Waals surface area contributed by atoms with E-state index in [-0.39, 0.29) is 5.54 Å². The van der Waals surface area contributed by atoms with Crippen LogP contribution < -0.4 is 5.73 Å². The fourth-order valence-electron chi connectivity index (χ4n) is 4.26. The first-order valence-corrected chi connectivity index (χ1v) is 7.86. The molecule has 2 heteroatoms. The predicted molar refractivity (Wildman–Crippen MR) is 85.3 cm³/mol. The van der Waals surface area contributed by atoms with Gasteiger partial charge in [0, 0.05) is 18.1 Å². The topological polar surface area (TPSA) is 29.3 Å². The zero-order valence-corrected chi connectivity index (χ0v) is 14.5. The lowest BCUT2D eigenvalue weighted by molar-refractivity contribution is -0.0403. The molecule has 0 saturated heterocycles. The van der Waals surface area contributed by atoms with Crippen LogP contribution in [-0.2, 0) is 0 Å². The van der Waals surface area contributed by atoms with E-state index in [1.807, 2.05) is 0 Å². The van der Waals surface area contributed by atoms with Gasteiger partial charge in [0.2, 0.25) is 0 Å². The van der Waals surface area contributed by atoms with Gasteiger partial charge in [-0.2, -0.15) is 0 Å². The molecule has 3 unspecified atom stereocenters. The van der Waals surface area contributed by atoms with Crippen LogP contribution >= 0.6 is 0 Å². The Morgan fingerprint density at radius 1 is 1.26 bits per heavy atom. The molecule has 0 radical (unpaired) electrons. The molecule has 0 amide bonds. The molecule has 1 saturated carbocycles. The van der Waals surface area contributed by atoms with Crippen molar-refractivity contribution < 1.29 is 0 Å². The highest BCUT2D eigenvalue weighted by Gasteiger charge is 2.46. The fourth-order valence-corrected chi connectivity index (χ4v) is 4.26. The third-order valence-corrected chi connectivity index (χ3v) is 5.40. The van der Waals surface area contributed by atoms with Crippen molar-refractivity contribution in [1.82, 2.24) is 4.90 Å². The Morgan fingerprint density at radius 3 is 2.16 bits per heavy atom. The monoisotopic (exact) mass is 268 g/mol. The van der Waals surface area contributed by atoms with Crippen LogP contribution in [0.2, 0.25) is 0 Å². The third-order valence-electron chi connectivity index (χ3n) is 5.40. The van der Waals surface area contributed by atoms with Crippen LogP contribution in [0.4, 0.5) is 0 Å². The number of nitrogens with zero attached hydrogens (tertiary/aromatic N) is 1. The summed E-state index contributed by atoms with van der Waals surface area (Å²) in [6.07, 6.45) is 3.79. The zero-order chi connectivity index (χ0) is 15.1. The van der Waals surface area contributed by atoms with Gasteiger partial charge in [0.25, 0.3) is 0 Å². The fraction of sp³-hybridized carbons (Fsp3) is 1.00. The maximum atomic E-state index is 6.26.